The molecule has 2 aromatic rings. The van der Waals surface area contributed by atoms with Crippen molar-refractivity contribution in [2.45, 2.75) is 6.42 Å². The summed E-state index contributed by atoms with van der Waals surface area (Å²) in [5.74, 6) is 0.0296. The third-order valence-corrected chi connectivity index (χ3v) is 3.21. The lowest BCUT2D eigenvalue weighted by Crippen LogP contribution is -2.11. The van der Waals surface area contributed by atoms with Gasteiger partial charge in [-0.15, -0.1) is 0 Å². The molecule has 96 valence electrons. The highest BCUT2D eigenvalue weighted by Gasteiger charge is 2.13. The number of anilines is 2. The number of rotatable bonds is 2. The minimum Gasteiger partial charge on any atom is -0.508 e. The molecule has 0 radical (unpaired) electrons. The van der Waals surface area contributed by atoms with Gasteiger partial charge in [0, 0.05) is 23.5 Å². The van der Waals surface area contributed by atoms with Crippen molar-refractivity contribution in [1.82, 2.24) is 0 Å². The van der Waals surface area contributed by atoms with Gasteiger partial charge in [-0.25, -0.2) is 0 Å². The van der Waals surface area contributed by atoms with Crippen LogP contribution in [0.4, 0.5) is 11.4 Å². The molecule has 0 aromatic heterocycles. The first-order chi connectivity index (χ1) is 9.22. The van der Waals surface area contributed by atoms with Gasteiger partial charge >= 0.3 is 0 Å². The predicted molar refractivity (Wildman–Crippen MR) is 74.7 cm³/mol. The fraction of sp³-hybridized carbons (Fsp3) is 0.133. The maximum atomic E-state index is 12.1. The summed E-state index contributed by atoms with van der Waals surface area (Å²) in [5, 5.41) is 15.2. The van der Waals surface area contributed by atoms with Crippen LogP contribution in [0.25, 0.3) is 0 Å². The first-order valence-electron chi connectivity index (χ1n) is 6.19. The molecule has 1 amide bonds. The van der Waals surface area contributed by atoms with E-state index in [1.165, 1.54) is 5.56 Å². The number of fused-ring (bicyclic) bond motifs is 1. The summed E-state index contributed by atoms with van der Waals surface area (Å²) in [6.45, 7) is 0.929. The highest BCUT2D eigenvalue weighted by Crippen LogP contribution is 2.23. The SMILES string of the molecule is O=C(Nc1ccc(O)cc1)c1ccc2c(c1)NCC2. The zero-order valence-corrected chi connectivity index (χ0v) is 10.3. The summed E-state index contributed by atoms with van der Waals surface area (Å²) in [6.07, 6.45) is 1.01. The molecule has 0 aliphatic carbocycles. The van der Waals surface area contributed by atoms with Crippen LogP contribution in [-0.2, 0) is 6.42 Å². The van der Waals surface area contributed by atoms with E-state index in [1.807, 2.05) is 18.2 Å². The summed E-state index contributed by atoms with van der Waals surface area (Å²) in [6, 6.07) is 12.1. The molecule has 0 spiro atoms. The van der Waals surface area contributed by atoms with Crippen molar-refractivity contribution in [3.8, 4) is 5.75 Å². The smallest absolute Gasteiger partial charge is 0.255 e. The number of carbonyl (C=O) groups is 1. The van der Waals surface area contributed by atoms with Crippen molar-refractivity contribution in [3.63, 3.8) is 0 Å². The van der Waals surface area contributed by atoms with Crippen LogP contribution in [0, 0.1) is 0 Å². The zero-order valence-electron chi connectivity index (χ0n) is 10.3. The van der Waals surface area contributed by atoms with Crippen LogP contribution in [0.2, 0.25) is 0 Å². The van der Waals surface area contributed by atoms with Crippen molar-refractivity contribution in [3.05, 3.63) is 53.6 Å². The third-order valence-electron chi connectivity index (χ3n) is 3.21. The molecule has 0 saturated heterocycles. The lowest BCUT2D eigenvalue weighted by molar-refractivity contribution is 0.102. The largest absolute Gasteiger partial charge is 0.508 e. The molecule has 0 fully saturated rings. The number of phenolic OH excluding ortho intramolecular Hbond substituents is 1. The topological polar surface area (TPSA) is 61.4 Å². The highest BCUT2D eigenvalue weighted by atomic mass is 16.3. The van der Waals surface area contributed by atoms with Gasteiger partial charge in [0.2, 0.25) is 0 Å². The Hall–Kier alpha value is -2.49. The average molecular weight is 254 g/mol. The number of phenols is 1. The van der Waals surface area contributed by atoms with E-state index < -0.39 is 0 Å². The zero-order chi connectivity index (χ0) is 13.2. The molecule has 1 aliphatic rings. The summed E-state index contributed by atoms with van der Waals surface area (Å²) >= 11 is 0. The Morgan fingerprint density at radius 1 is 1.16 bits per heavy atom. The van der Waals surface area contributed by atoms with Gasteiger partial charge in [0.15, 0.2) is 0 Å². The lowest BCUT2D eigenvalue weighted by atomic mass is 10.1. The van der Waals surface area contributed by atoms with E-state index in [0.717, 1.165) is 18.7 Å². The lowest BCUT2D eigenvalue weighted by Gasteiger charge is -2.07. The molecule has 4 nitrogen and oxygen atoms in total. The van der Waals surface area contributed by atoms with E-state index in [2.05, 4.69) is 10.6 Å². The Balaban J connectivity index is 1.78. The minimum atomic E-state index is -0.151. The van der Waals surface area contributed by atoms with E-state index in [0.29, 0.717) is 11.3 Å². The Bertz CT molecular complexity index is 621. The van der Waals surface area contributed by atoms with Gasteiger partial charge < -0.3 is 15.7 Å². The first-order valence-corrected chi connectivity index (χ1v) is 6.19. The van der Waals surface area contributed by atoms with Gasteiger partial charge in [0.1, 0.15) is 5.75 Å². The van der Waals surface area contributed by atoms with Gasteiger partial charge in [-0.3, -0.25) is 4.79 Å². The quantitative estimate of drug-likeness (QED) is 0.722. The standard InChI is InChI=1S/C15H14N2O2/c18-13-5-3-12(4-6-13)17-15(19)11-2-1-10-7-8-16-14(10)9-11/h1-6,9,16,18H,7-8H2,(H,17,19). The van der Waals surface area contributed by atoms with E-state index in [-0.39, 0.29) is 11.7 Å². The second-order valence-electron chi connectivity index (χ2n) is 4.55. The predicted octanol–water partition coefficient (Wildman–Crippen LogP) is 2.61. The number of hydrogen-bond acceptors (Lipinski definition) is 3. The van der Waals surface area contributed by atoms with Gasteiger partial charge in [-0.1, -0.05) is 6.07 Å². The summed E-state index contributed by atoms with van der Waals surface area (Å²) in [7, 11) is 0. The Kier molecular flexibility index (Phi) is 2.83. The highest BCUT2D eigenvalue weighted by molar-refractivity contribution is 6.05. The third kappa shape index (κ3) is 2.38. The molecular formula is C15H14N2O2. The molecule has 0 atom stereocenters. The van der Waals surface area contributed by atoms with Crippen LogP contribution < -0.4 is 10.6 Å². The molecule has 19 heavy (non-hydrogen) atoms. The maximum absolute atomic E-state index is 12.1. The number of carbonyl (C=O) groups excluding carboxylic acids is 1. The van der Waals surface area contributed by atoms with Crippen LogP contribution in [0.3, 0.4) is 0 Å². The Morgan fingerprint density at radius 2 is 1.95 bits per heavy atom. The molecule has 0 saturated carbocycles. The van der Waals surface area contributed by atoms with Crippen molar-refractivity contribution < 1.29 is 9.90 Å². The van der Waals surface area contributed by atoms with Crippen molar-refractivity contribution in [2.75, 3.05) is 17.2 Å². The van der Waals surface area contributed by atoms with Crippen LogP contribution >= 0.6 is 0 Å². The van der Waals surface area contributed by atoms with Gasteiger partial charge in [-0.05, 0) is 48.4 Å². The summed E-state index contributed by atoms with van der Waals surface area (Å²) in [5.41, 5.74) is 3.58. The molecular weight excluding hydrogens is 240 g/mol. The summed E-state index contributed by atoms with van der Waals surface area (Å²) < 4.78 is 0. The van der Waals surface area contributed by atoms with Crippen LogP contribution in [0.15, 0.2) is 42.5 Å². The number of aromatic hydroxyl groups is 1. The normalized spacial score (nSPS) is 12.6. The number of amides is 1. The number of benzene rings is 2. The first kappa shape index (κ1) is 11.6. The van der Waals surface area contributed by atoms with Gasteiger partial charge in [0.25, 0.3) is 5.91 Å². The molecule has 1 heterocycles. The van der Waals surface area contributed by atoms with Gasteiger partial charge in [0.05, 0.1) is 0 Å². The molecule has 0 bridgehead atoms. The van der Waals surface area contributed by atoms with E-state index >= 15 is 0 Å². The van der Waals surface area contributed by atoms with Crippen molar-refractivity contribution in [2.24, 2.45) is 0 Å². The Labute approximate surface area is 111 Å². The second kappa shape index (κ2) is 4.65. The van der Waals surface area contributed by atoms with Crippen molar-refractivity contribution >= 4 is 17.3 Å². The average Bonchev–Trinajstić information content (AvgIpc) is 2.88. The maximum Gasteiger partial charge on any atom is 0.255 e. The molecule has 3 rings (SSSR count). The minimum absolute atomic E-state index is 0.151. The molecule has 4 heteroatoms. The van der Waals surface area contributed by atoms with E-state index in [4.69, 9.17) is 0 Å². The molecule has 3 N–H and O–H groups in total. The molecule has 0 unspecified atom stereocenters. The fourth-order valence-corrected chi connectivity index (χ4v) is 2.18. The van der Waals surface area contributed by atoms with Crippen LogP contribution in [0.1, 0.15) is 15.9 Å². The summed E-state index contributed by atoms with van der Waals surface area (Å²) in [4.78, 5) is 12.1. The monoisotopic (exact) mass is 254 g/mol. The molecule has 1 aliphatic heterocycles. The molecule has 2 aromatic carbocycles. The van der Waals surface area contributed by atoms with E-state index in [1.54, 1.807) is 24.3 Å². The number of nitrogens with one attached hydrogen (secondary N) is 2. The van der Waals surface area contributed by atoms with E-state index in [9.17, 15) is 9.90 Å². The van der Waals surface area contributed by atoms with Crippen LogP contribution in [0.5, 0.6) is 5.75 Å². The Morgan fingerprint density at radius 3 is 2.74 bits per heavy atom. The fourth-order valence-electron chi connectivity index (χ4n) is 2.18. The van der Waals surface area contributed by atoms with Crippen molar-refractivity contribution in [1.29, 1.82) is 0 Å². The second-order valence-corrected chi connectivity index (χ2v) is 4.55. The van der Waals surface area contributed by atoms with Crippen LogP contribution in [-0.4, -0.2) is 17.6 Å². The van der Waals surface area contributed by atoms with Gasteiger partial charge in [-0.2, -0.15) is 0 Å². The number of hydrogen-bond donors (Lipinski definition) is 3.